The first-order valence-corrected chi connectivity index (χ1v) is 5.90. The highest BCUT2D eigenvalue weighted by Gasteiger charge is 2.15. The van der Waals surface area contributed by atoms with Crippen LogP contribution in [0.5, 0.6) is 0 Å². The number of halogens is 1. The molecule has 5 nitrogen and oxygen atoms in total. The molecule has 2 N–H and O–H groups in total. The molecular formula is C8H19ClN2O3P+. The normalized spacial score (nSPS) is 14.1. The molecule has 0 fully saturated rings. The molecule has 0 aromatic carbocycles. The minimum absolute atomic E-state index is 0. The molecule has 1 aliphatic heterocycles. The fourth-order valence-corrected chi connectivity index (χ4v) is 0.893. The van der Waals surface area contributed by atoms with Crippen molar-refractivity contribution in [2.45, 2.75) is 26.7 Å². The highest BCUT2D eigenvalue weighted by Crippen LogP contribution is 2.13. The monoisotopic (exact) mass is 257 g/mol. The van der Waals surface area contributed by atoms with Gasteiger partial charge in [0.25, 0.3) is 0 Å². The zero-order valence-corrected chi connectivity index (χ0v) is 10.8. The Hall–Kier alpha value is -0.220. The van der Waals surface area contributed by atoms with Gasteiger partial charge in [-0.05, 0) is 0 Å². The summed E-state index contributed by atoms with van der Waals surface area (Å²) in [5.74, 6) is 0.650. The van der Waals surface area contributed by atoms with Gasteiger partial charge in [0.2, 0.25) is 0 Å². The summed E-state index contributed by atoms with van der Waals surface area (Å²) in [6, 6.07) is 0. The lowest BCUT2D eigenvalue weighted by Crippen LogP contribution is -2.22. The zero-order chi connectivity index (χ0) is 10.8. The molecule has 7 heteroatoms. The van der Waals surface area contributed by atoms with Gasteiger partial charge < -0.3 is 5.32 Å². The lowest BCUT2D eigenvalue weighted by atomic mass is 10.4. The third-order valence-corrected chi connectivity index (χ3v) is 1.91. The second-order valence-corrected chi connectivity index (χ2v) is 3.50. The van der Waals surface area contributed by atoms with Crippen molar-refractivity contribution in [3.05, 3.63) is 0 Å². The fourth-order valence-electron chi connectivity index (χ4n) is 0.660. The Morgan fingerprint density at radius 1 is 1.53 bits per heavy atom. The van der Waals surface area contributed by atoms with E-state index in [2.05, 4.69) is 28.7 Å². The SMILES string of the molecule is CCCC.Cl.O=[P+](O)OCC1=NCCN1. The van der Waals surface area contributed by atoms with Gasteiger partial charge in [0.05, 0.1) is 6.54 Å². The standard InChI is InChI=1S/C4H7N2O3P.C4H10.ClH/c7-10(8)9-3-4-5-1-2-6-4;1-3-4-2;/h1-3H2,(H-,5,6,7,8);3-4H2,1-2H3;1H/p+1. The van der Waals surface area contributed by atoms with Gasteiger partial charge in [-0.15, -0.1) is 21.8 Å². The van der Waals surface area contributed by atoms with E-state index in [1.54, 1.807) is 0 Å². The summed E-state index contributed by atoms with van der Waals surface area (Å²) in [6.45, 7) is 5.98. The van der Waals surface area contributed by atoms with Gasteiger partial charge in [-0.2, -0.15) is 0 Å². The second kappa shape index (κ2) is 11.9. The Balaban J connectivity index is 0. The number of unbranched alkanes of at least 4 members (excludes halogenated alkanes) is 1. The third kappa shape index (κ3) is 11.7. The Labute approximate surface area is 97.7 Å². The van der Waals surface area contributed by atoms with Crippen LogP contribution in [-0.4, -0.2) is 30.4 Å². The number of nitrogens with zero attached hydrogens (tertiary/aromatic N) is 1. The van der Waals surface area contributed by atoms with Crippen LogP contribution in [0.3, 0.4) is 0 Å². The van der Waals surface area contributed by atoms with E-state index < -0.39 is 8.25 Å². The Morgan fingerprint density at radius 2 is 2.13 bits per heavy atom. The maximum Gasteiger partial charge on any atom is 0.695 e. The van der Waals surface area contributed by atoms with Crippen LogP contribution >= 0.6 is 20.7 Å². The molecule has 0 saturated heterocycles. The van der Waals surface area contributed by atoms with Crippen LogP contribution in [0.2, 0.25) is 0 Å². The summed E-state index contributed by atoms with van der Waals surface area (Å²) in [5, 5.41) is 2.90. The van der Waals surface area contributed by atoms with Crippen molar-refractivity contribution in [3.63, 3.8) is 0 Å². The van der Waals surface area contributed by atoms with Crippen LogP contribution in [0.1, 0.15) is 26.7 Å². The summed E-state index contributed by atoms with van der Waals surface area (Å²) in [4.78, 5) is 12.2. The predicted molar refractivity (Wildman–Crippen MR) is 63.9 cm³/mol. The Bertz CT molecular complexity index is 200. The fraction of sp³-hybridized carbons (Fsp3) is 0.875. The molecule has 0 bridgehead atoms. The average Bonchev–Trinajstić information content (AvgIpc) is 2.67. The van der Waals surface area contributed by atoms with Crippen LogP contribution in [0.4, 0.5) is 0 Å². The molecule has 0 aliphatic carbocycles. The van der Waals surface area contributed by atoms with Crippen LogP contribution in [0, 0.1) is 0 Å². The number of hydrogen-bond acceptors (Lipinski definition) is 4. The first-order valence-electron chi connectivity index (χ1n) is 4.76. The van der Waals surface area contributed by atoms with E-state index in [1.807, 2.05) is 0 Å². The van der Waals surface area contributed by atoms with E-state index in [9.17, 15) is 4.57 Å². The molecule has 1 atom stereocenters. The quantitative estimate of drug-likeness (QED) is 0.755. The topological polar surface area (TPSA) is 70.9 Å². The lowest BCUT2D eigenvalue weighted by molar-refractivity contribution is 0.319. The molecule has 0 spiro atoms. The minimum atomic E-state index is -2.49. The van der Waals surface area contributed by atoms with E-state index >= 15 is 0 Å². The van der Waals surface area contributed by atoms with Crippen LogP contribution in [0.15, 0.2) is 4.99 Å². The molecule has 0 radical (unpaired) electrons. The number of hydrogen-bond donors (Lipinski definition) is 2. The van der Waals surface area contributed by atoms with E-state index in [4.69, 9.17) is 4.89 Å². The van der Waals surface area contributed by atoms with Gasteiger partial charge in [0, 0.05) is 11.1 Å². The summed E-state index contributed by atoms with van der Waals surface area (Å²) in [7, 11) is -2.49. The van der Waals surface area contributed by atoms with Crippen molar-refractivity contribution in [3.8, 4) is 0 Å². The highest BCUT2D eigenvalue weighted by molar-refractivity contribution is 7.32. The lowest BCUT2D eigenvalue weighted by Gasteiger charge is -1.92. The van der Waals surface area contributed by atoms with Crippen molar-refractivity contribution in [1.82, 2.24) is 5.32 Å². The average molecular weight is 258 g/mol. The van der Waals surface area contributed by atoms with E-state index in [1.165, 1.54) is 12.8 Å². The molecule has 1 aliphatic rings. The number of rotatable bonds is 4. The van der Waals surface area contributed by atoms with Gasteiger partial charge in [-0.3, -0.25) is 4.99 Å². The summed E-state index contributed by atoms with van der Waals surface area (Å²) in [6.07, 6.45) is 2.64. The molecule has 1 unspecified atom stereocenters. The number of amidine groups is 1. The molecule has 1 rings (SSSR count). The van der Waals surface area contributed by atoms with Crippen molar-refractivity contribution < 1.29 is 14.0 Å². The van der Waals surface area contributed by atoms with Gasteiger partial charge in [0.1, 0.15) is 5.84 Å². The zero-order valence-electron chi connectivity index (χ0n) is 9.10. The van der Waals surface area contributed by atoms with Gasteiger partial charge in [0.15, 0.2) is 6.61 Å². The van der Waals surface area contributed by atoms with Crippen molar-refractivity contribution >= 4 is 26.5 Å². The summed E-state index contributed by atoms with van der Waals surface area (Å²) in [5.41, 5.74) is 0. The van der Waals surface area contributed by atoms with Gasteiger partial charge in [-0.1, -0.05) is 26.7 Å². The molecular weight excluding hydrogens is 239 g/mol. The van der Waals surface area contributed by atoms with Crippen LogP contribution in [0.25, 0.3) is 0 Å². The van der Waals surface area contributed by atoms with Gasteiger partial charge >= 0.3 is 8.25 Å². The minimum Gasteiger partial charge on any atom is -0.370 e. The third-order valence-electron chi connectivity index (χ3n) is 1.56. The van der Waals surface area contributed by atoms with Crippen LogP contribution in [-0.2, 0) is 9.09 Å². The molecule has 1 heterocycles. The van der Waals surface area contributed by atoms with Crippen molar-refractivity contribution in [1.29, 1.82) is 0 Å². The smallest absolute Gasteiger partial charge is 0.370 e. The molecule has 0 aromatic rings. The summed E-state index contributed by atoms with van der Waals surface area (Å²) >= 11 is 0. The maximum atomic E-state index is 10.00. The predicted octanol–water partition coefficient (Wildman–Crippen LogP) is 1.88. The molecule has 0 amide bonds. The number of aliphatic imine (C=N–C) groups is 1. The first kappa shape index (κ1) is 17.2. The molecule has 0 aromatic heterocycles. The second-order valence-electron chi connectivity index (χ2n) is 2.77. The molecule has 15 heavy (non-hydrogen) atoms. The maximum absolute atomic E-state index is 10.00. The Morgan fingerprint density at radius 3 is 2.47 bits per heavy atom. The molecule has 90 valence electrons. The van der Waals surface area contributed by atoms with E-state index in [-0.39, 0.29) is 19.0 Å². The highest BCUT2D eigenvalue weighted by atomic mass is 35.5. The molecule has 0 saturated carbocycles. The van der Waals surface area contributed by atoms with Gasteiger partial charge in [-0.25, -0.2) is 0 Å². The van der Waals surface area contributed by atoms with E-state index in [0.717, 1.165) is 13.1 Å². The van der Waals surface area contributed by atoms with Crippen LogP contribution < -0.4 is 5.32 Å². The number of nitrogens with one attached hydrogen (secondary N) is 1. The van der Waals surface area contributed by atoms with Crippen molar-refractivity contribution in [2.24, 2.45) is 4.99 Å². The largest absolute Gasteiger partial charge is 0.695 e. The summed E-state index contributed by atoms with van der Waals surface area (Å²) < 4.78 is 14.4. The Kier molecular flexibility index (Phi) is 13.6. The van der Waals surface area contributed by atoms with E-state index in [0.29, 0.717) is 5.84 Å². The first-order chi connectivity index (χ1) is 6.70. The van der Waals surface area contributed by atoms with Crippen molar-refractivity contribution in [2.75, 3.05) is 19.7 Å².